The lowest BCUT2D eigenvalue weighted by Gasteiger charge is -2.26. The molecule has 1 aromatic carbocycles. The summed E-state index contributed by atoms with van der Waals surface area (Å²) < 4.78 is 41.1. The zero-order valence-electron chi connectivity index (χ0n) is 10.6. The van der Waals surface area contributed by atoms with E-state index < -0.39 is 21.9 Å². The summed E-state index contributed by atoms with van der Waals surface area (Å²) in [6.07, 6.45) is 0. The highest BCUT2D eigenvalue weighted by atomic mass is 32.2. The zero-order valence-corrected chi connectivity index (χ0v) is 11.4. The summed E-state index contributed by atoms with van der Waals surface area (Å²) in [4.78, 5) is 11.0. The number of nitrogens with one attached hydrogen (secondary N) is 2. The van der Waals surface area contributed by atoms with Crippen molar-refractivity contribution in [3.05, 3.63) is 29.6 Å². The van der Waals surface area contributed by atoms with E-state index in [1.807, 2.05) is 0 Å². The smallest absolute Gasteiger partial charge is 0.301 e. The second-order valence-corrected chi connectivity index (χ2v) is 5.99. The fraction of sp³-hybridized carbons (Fsp3) is 0.364. The zero-order chi connectivity index (χ0) is 14.8. The van der Waals surface area contributed by atoms with Crippen LogP contribution in [0.5, 0.6) is 0 Å². The Morgan fingerprint density at radius 1 is 1.35 bits per heavy atom. The van der Waals surface area contributed by atoms with Crippen LogP contribution in [0.4, 0.5) is 10.1 Å². The molecule has 1 fully saturated rings. The third kappa shape index (κ3) is 3.24. The van der Waals surface area contributed by atoms with E-state index in [0.29, 0.717) is 26.2 Å². The van der Waals surface area contributed by atoms with Gasteiger partial charge in [0.2, 0.25) is 0 Å². The number of hydrogen-bond donors (Lipinski definition) is 3. The normalized spacial score (nSPS) is 16.9. The van der Waals surface area contributed by atoms with Gasteiger partial charge in [-0.25, -0.2) is 4.39 Å². The number of halogens is 1. The third-order valence-corrected chi connectivity index (χ3v) is 4.43. The maximum absolute atomic E-state index is 13.3. The third-order valence-electron chi connectivity index (χ3n) is 2.89. The number of hydrogen-bond acceptors (Lipinski definition) is 4. The van der Waals surface area contributed by atoms with E-state index in [0.717, 1.165) is 12.1 Å². The summed E-state index contributed by atoms with van der Waals surface area (Å²) in [5, 5.41) is 3.04. The van der Waals surface area contributed by atoms with Crippen LogP contribution in [-0.2, 0) is 10.2 Å². The highest BCUT2D eigenvalue weighted by Gasteiger charge is 2.24. The van der Waals surface area contributed by atoms with E-state index >= 15 is 0 Å². The van der Waals surface area contributed by atoms with Gasteiger partial charge in [0.25, 0.3) is 5.91 Å². The molecule has 4 N–H and O–H groups in total. The summed E-state index contributed by atoms with van der Waals surface area (Å²) in [6.45, 7) is 1.83. The van der Waals surface area contributed by atoms with E-state index in [-0.39, 0.29) is 11.3 Å². The molecule has 1 aromatic rings. The first-order chi connectivity index (χ1) is 9.40. The highest BCUT2D eigenvalue weighted by Crippen LogP contribution is 2.17. The van der Waals surface area contributed by atoms with Crippen LogP contribution >= 0.6 is 0 Å². The van der Waals surface area contributed by atoms with E-state index in [9.17, 15) is 17.6 Å². The van der Waals surface area contributed by atoms with Crippen molar-refractivity contribution in [2.75, 3.05) is 30.9 Å². The van der Waals surface area contributed by atoms with Crippen molar-refractivity contribution in [2.45, 2.75) is 0 Å². The molecule has 0 saturated carbocycles. The molecule has 0 aliphatic carbocycles. The van der Waals surface area contributed by atoms with Crippen LogP contribution in [0.25, 0.3) is 0 Å². The van der Waals surface area contributed by atoms with E-state index in [1.54, 1.807) is 0 Å². The second kappa shape index (κ2) is 5.73. The Balaban J connectivity index is 2.20. The lowest BCUT2D eigenvalue weighted by atomic mass is 10.2. The number of primary amides is 1. The van der Waals surface area contributed by atoms with Gasteiger partial charge in [-0.1, -0.05) is 0 Å². The van der Waals surface area contributed by atoms with Crippen LogP contribution in [0.3, 0.4) is 0 Å². The van der Waals surface area contributed by atoms with Crippen molar-refractivity contribution in [3.63, 3.8) is 0 Å². The van der Waals surface area contributed by atoms with Gasteiger partial charge in [0.1, 0.15) is 5.82 Å². The highest BCUT2D eigenvalue weighted by molar-refractivity contribution is 7.90. The minimum absolute atomic E-state index is 0.0960. The molecule has 7 nitrogen and oxygen atoms in total. The molecule has 0 bridgehead atoms. The first-order valence-corrected chi connectivity index (χ1v) is 7.42. The number of piperazine rings is 1. The molecule has 110 valence electrons. The monoisotopic (exact) mass is 302 g/mol. The fourth-order valence-corrected chi connectivity index (χ4v) is 3.09. The number of nitrogens with zero attached hydrogens (tertiary/aromatic N) is 1. The summed E-state index contributed by atoms with van der Waals surface area (Å²) in [5.74, 6) is -1.74. The molecule has 0 unspecified atom stereocenters. The first kappa shape index (κ1) is 14.7. The van der Waals surface area contributed by atoms with E-state index in [2.05, 4.69) is 10.0 Å². The van der Waals surface area contributed by atoms with E-state index in [4.69, 9.17) is 5.73 Å². The Bertz CT molecular complexity index is 614. The van der Waals surface area contributed by atoms with Crippen molar-refractivity contribution < 1.29 is 17.6 Å². The Kier molecular flexibility index (Phi) is 4.21. The van der Waals surface area contributed by atoms with Gasteiger partial charge in [-0.2, -0.15) is 12.7 Å². The molecule has 0 aromatic heterocycles. The summed E-state index contributed by atoms with van der Waals surface area (Å²) in [5.41, 5.74) is 4.76. The molecule has 20 heavy (non-hydrogen) atoms. The summed E-state index contributed by atoms with van der Waals surface area (Å²) in [6, 6.07) is 3.31. The molecular formula is C11H15FN4O3S. The predicted octanol–water partition coefficient (Wildman–Crippen LogP) is -0.514. The Morgan fingerprint density at radius 3 is 2.60 bits per heavy atom. The molecular weight excluding hydrogens is 287 g/mol. The Morgan fingerprint density at radius 2 is 2.00 bits per heavy atom. The van der Waals surface area contributed by atoms with Crippen molar-refractivity contribution in [1.29, 1.82) is 0 Å². The first-order valence-electron chi connectivity index (χ1n) is 5.98. The minimum Gasteiger partial charge on any atom is -0.366 e. The average molecular weight is 302 g/mol. The molecule has 0 radical (unpaired) electrons. The van der Waals surface area contributed by atoms with Crippen molar-refractivity contribution in [3.8, 4) is 0 Å². The quantitative estimate of drug-likeness (QED) is 0.696. The number of nitrogens with two attached hydrogens (primary N) is 1. The van der Waals surface area contributed by atoms with Crippen molar-refractivity contribution in [2.24, 2.45) is 5.73 Å². The summed E-state index contributed by atoms with van der Waals surface area (Å²) in [7, 11) is -3.72. The second-order valence-electron chi connectivity index (χ2n) is 4.32. The standard InChI is InChI=1S/C11H15FN4O3S/c12-10-2-1-8(7-9(10)11(13)17)15-20(18,19)16-5-3-14-4-6-16/h1-2,7,14-15H,3-6H2,(H2,13,17). The molecule has 0 spiro atoms. The molecule has 1 aliphatic heterocycles. The largest absolute Gasteiger partial charge is 0.366 e. The fourth-order valence-electron chi connectivity index (χ4n) is 1.88. The van der Waals surface area contributed by atoms with Crippen molar-refractivity contribution >= 4 is 21.8 Å². The Hall–Kier alpha value is -1.71. The van der Waals surface area contributed by atoms with Gasteiger partial charge in [0, 0.05) is 26.2 Å². The number of rotatable bonds is 4. The maximum atomic E-state index is 13.3. The van der Waals surface area contributed by atoms with Crippen LogP contribution in [0.1, 0.15) is 10.4 Å². The number of carbonyl (C=O) groups excluding carboxylic acids is 1. The van der Waals surface area contributed by atoms with Gasteiger partial charge in [0.05, 0.1) is 11.3 Å². The maximum Gasteiger partial charge on any atom is 0.301 e. The molecule has 1 saturated heterocycles. The molecule has 9 heteroatoms. The number of carbonyl (C=O) groups is 1. The minimum atomic E-state index is -3.72. The molecule has 0 atom stereocenters. The number of benzene rings is 1. The molecule has 2 rings (SSSR count). The Labute approximate surface area is 116 Å². The molecule has 1 heterocycles. The van der Waals surface area contributed by atoms with Gasteiger partial charge in [-0.05, 0) is 18.2 Å². The molecule has 1 amide bonds. The predicted molar refractivity (Wildman–Crippen MR) is 71.9 cm³/mol. The van der Waals surface area contributed by atoms with Crippen LogP contribution in [0.15, 0.2) is 18.2 Å². The molecule has 1 aliphatic rings. The SMILES string of the molecule is NC(=O)c1cc(NS(=O)(=O)N2CCNCC2)ccc1F. The van der Waals surface area contributed by atoms with Gasteiger partial charge < -0.3 is 11.1 Å². The van der Waals surface area contributed by atoms with Gasteiger partial charge in [-0.15, -0.1) is 0 Å². The lowest BCUT2D eigenvalue weighted by molar-refractivity contribution is 0.0996. The van der Waals surface area contributed by atoms with Crippen molar-refractivity contribution in [1.82, 2.24) is 9.62 Å². The van der Waals surface area contributed by atoms with Crippen LogP contribution in [0, 0.1) is 5.82 Å². The van der Waals surface area contributed by atoms with Crippen LogP contribution in [0.2, 0.25) is 0 Å². The van der Waals surface area contributed by atoms with E-state index in [1.165, 1.54) is 10.4 Å². The van der Waals surface area contributed by atoms with Crippen LogP contribution in [-0.4, -0.2) is 44.8 Å². The van der Waals surface area contributed by atoms with Gasteiger partial charge in [0.15, 0.2) is 0 Å². The summed E-state index contributed by atoms with van der Waals surface area (Å²) >= 11 is 0. The van der Waals surface area contributed by atoms with Gasteiger partial charge >= 0.3 is 10.2 Å². The topological polar surface area (TPSA) is 105 Å². The van der Waals surface area contributed by atoms with Gasteiger partial charge in [-0.3, -0.25) is 9.52 Å². The van der Waals surface area contributed by atoms with Crippen LogP contribution < -0.4 is 15.8 Å². The lowest BCUT2D eigenvalue weighted by Crippen LogP contribution is -2.48. The average Bonchev–Trinajstić information content (AvgIpc) is 2.41. The number of anilines is 1. The number of amides is 1.